The Bertz CT molecular complexity index is 1080. The van der Waals surface area contributed by atoms with Crippen LogP contribution < -0.4 is 22.1 Å². The van der Waals surface area contributed by atoms with Gasteiger partial charge in [0.05, 0.1) is 18.6 Å². The van der Waals surface area contributed by atoms with E-state index in [1.54, 1.807) is 0 Å². The lowest BCUT2D eigenvalue weighted by Crippen LogP contribution is -2.49. The Labute approximate surface area is 211 Å². The second-order valence-electron chi connectivity index (χ2n) is 8.42. The fraction of sp³-hybridized carbons (Fsp3) is 0.250. The van der Waals surface area contributed by atoms with Crippen molar-refractivity contribution in [2.24, 2.45) is 16.5 Å². The molecule has 2 atom stereocenters. The minimum Gasteiger partial charge on any atom is -0.394 e. The average molecular weight is 488 g/mol. The van der Waals surface area contributed by atoms with Crippen LogP contribution in [0.4, 0.5) is 0 Å². The molecule has 0 aliphatic rings. The zero-order valence-corrected chi connectivity index (χ0v) is 20.1. The summed E-state index contributed by atoms with van der Waals surface area (Å²) in [7, 11) is 0. The number of rotatable bonds is 12. The van der Waals surface area contributed by atoms with Gasteiger partial charge in [0.15, 0.2) is 5.96 Å². The number of aliphatic imine (C=N–C) groups is 1. The van der Waals surface area contributed by atoms with Gasteiger partial charge in [-0.2, -0.15) is 0 Å². The van der Waals surface area contributed by atoms with Crippen LogP contribution in [0, 0.1) is 0 Å². The van der Waals surface area contributed by atoms with E-state index >= 15 is 0 Å². The van der Waals surface area contributed by atoms with Crippen LogP contribution in [0.2, 0.25) is 0 Å². The van der Waals surface area contributed by atoms with Gasteiger partial charge in [0.2, 0.25) is 11.8 Å². The summed E-state index contributed by atoms with van der Waals surface area (Å²) < 4.78 is 0. The van der Waals surface area contributed by atoms with Gasteiger partial charge in [-0.25, -0.2) is 0 Å². The Morgan fingerprint density at radius 2 is 1.25 bits per heavy atom. The van der Waals surface area contributed by atoms with E-state index in [2.05, 4.69) is 15.6 Å². The van der Waals surface area contributed by atoms with Crippen molar-refractivity contribution in [3.05, 3.63) is 108 Å². The molecular formula is C28H33N5O3. The third kappa shape index (κ3) is 7.68. The van der Waals surface area contributed by atoms with Crippen LogP contribution in [0.5, 0.6) is 0 Å². The predicted octanol–water partition coefficient (Wildman–Crippen LogP) is 2.21. The quantitative estimate of drug-likeness (QED) is 0.151. The number of guanidine groups is 1. The number of aliphatic hydroxyl groups is 1. The number of carbonyl (C=O) groups excluding carboxylic acids is 2. The Kier molecular flexibility index (Phi) is 10.0. The Balaban J connectivity index is 1.82. The summed E-state index contributed by atoms with van der Waals surface area (Å²) in [6, 6.07) is 26.6. The number of amides is 2. The maximum Gasteiger partial charge on any atom is 0.243 e. The molecule has 0 bridgehead atoms. The van der Waals surface area contributed by atoms with Gasteiger partial charge < -0.3 is 27.2 Å². The summed E-state index contributed by atoms with van der Waals surface area (Å²) in [5.41, 5.74) is 13.2. The van der Waals surface area contributed by atoms with E-state index in [9.17, 15) is 14.7 Å². The van der Waals surface area contributed by atoms with Crippen molar-refractivity contribution in [1.29, 1.82) is 0 Å². The van der Waals surface area contributed by atoms with E-state index in [-0.39, 0.29) is 18.5 Å². The lowest BCUT2D eigenvalue weighted by Gasteiger charge is -2.25. The summed E-state index contributed by atoms with van der Waals surface area (Å²) in [5, 5.41) is 15.7. The molecule has 0 saturated carbocycles. The summed E-state index contributed by atoms with van der Waals surface area (Å²) in [6.45, 7) is 0.0476. The summed E-state index contributed by atoms with van der Waals surface area (Å²) in [6.07, 6.45) is 0.796. The van der Waals surface area contributed by atoms with Gasteiger partial charge in [-0.3, -0.25) is 14.6 Å². The molecule has 0 fully saturated rings. The van der Waals surface area contributed by atoms with Crippen LogP contribution in [0.25, 0.3) is 0 Å². The number of nitrogens with one attached hydrogen (secondary N) is 2. The van der Waals surface area contributed by atoms with Crippen molar-refractivity contribution in [1.82, 2.24) is 10.6 Å². The first-order valence-corrected chi connectivity index (χ1v) is 11.9. The molecule has 0 radical (unpaired) electrons. The highest BCUT2D eigenvalue weighted by Crippen LogP contribution is 2.25. The standard InChI is InChI=1S/C28H33N5O3/c29-28(30)31-18-10-17-23(26(35)33-24(19-34)20-11-4-1-5-12-20)32-27(36)25(21-13-6-2-7-14-21)22-15-8-3-9-16-22/h1-9,11-16,23-25,34H,10,17-19H2,(H,32,36)(H,33,35)(H4,29,30,31)/t23?,24-/m1/s1. The fourth-order valence-corrected chi connectivity index (χ4v) is 4.01. The molecule has 188 valence electrons. The predicted molar refractivity (Wildman–Crippen MR) is 141 cm³/mol. The first kappa shape index (κ1) is 26.4. The number of aliphatic hydroxyl groups excluding tert-OH is 1. The molecule has 3 aromatic carbocycles. The van der Waals surface area contributed by atoms with E-state index in [1.165, 1.54) is 0 Å². The lowest BCUT2D eigenvalue weighted by atomic mass is 9.90. The number of nitrogens with two attached hydrogens (primary N) is 2. The zero-order chi connectivity index (χ0) is 25.8. The van der Waals surface area contributed by atoms with Crippen molar-refractivity contribution >= 4 is 17.8 Å². The third-order valence-electron chi connectivity index (χ3n) is 5.81. The summed E-state index contributed by atoms with van der Waals surface area (Å²) in [4.78, 5) is 30.9. The molecule has 0 aromatic heterocycles. The van der Waals surface area contributed by atoms with Crippen molar-refractivity contribution in [3.63, 3.8) is 0 Å². The molecule has 0 heterocycles. The third-order valence-corrected chi connectivity index (χ3v) is 5.81. The summed E-state index contributed by atoms with van der Waals surface area (Å²) >= 11 is 0. The molecule has 3 aromatic rings. The first-order valence-electron chi connectivity index (χ1n) is 11.9. The van der Waals surface area contributed by atoms with Crippen molar-refractivity contribution < 1.29 is 14.7 Å². The first-order chi connectivity index (χ1) is 17.5. The lowest BCUT2D eigenvalue weighted by molar-refractivity contribution is -0.130. The highest BCUT2D eigenvalue weighted by atomic mass is 16.3. The molecule has 0 aliphatic heterocycles. The fourth-order valence-electron chi connectivity index (χ4n) is 4.01. The van der Waals surface area contributed by atoms with Gasteiger partial charge in [0, 0.05) is 6.54 Å². The van der Waals surface area contributed by atoms with Gasteiger partial charge in [0.25, 0.3) is 0 Å². The van der Waals surface area contributed by atoms with Crippen LogP contribution in [-0.4, -0.2) is 42.1 Å². The normalized spacial score (nSPS) is 12.4. The summed E-state index contributed by atoms with van der Waals surface area (Å²) in [5.74, 6) is -1.31. The molecule has 2 amide bonds. The van der Waals surface area contributed by atoms with E-state index in [0.29, 0.717) is 19.4 Å². The molecule has 0 saturated heterocycles. The smallest absolute Gasteiger partial charge is 0.243 e. The van der Waals surface area contributed by atoms with Gasteiger partial charge in [-0.15, -0.1) is 0 Å². The Morgan fingerprint density at radius 1 is 0.750 bits per heavy atom. The zero-order valence-electron chi connectivity index (χ0n) is 20.1. The van der Waals surface area contributed by atoms with Crippen LogP contribution in [0.1, 0.15) is 41.5 Å². The molecular weight excluding hydrogens is 454 g/mol. The Hall–Kier alpha value is -4.17. The van der Waals surface area contributed by atoms with Crippen molar-refractivity contribution in [2.45, 2.75) is 30.8 Å². The topological polar surface area (TPSA) is 143 Å². The number of hydrogen-bond acceptors (Lipinski definition) is 4. The number of nitrogens with zero attached hydrogens (tertiary/aromatic N) is 1. The highest BCUT2D eigenvalue weighted by molar-refractivity contribution is 5.92. The van der Waals surface area contributed by atoms with Crippen LogP contribution in [-0.2, 0) is 9.59 Å². The van der Waals surface area contributed by atoms with Gasteiger partial charge >= 0.3 is 0 Å². The Morgan fingerprint density at radius 3 is 1.72 bits per heavy atom. The number of hydrogen-bond donors (Lipinski definition) is 5. The number of benzene rings is 3. The van der Waals surface area contributed by atoms with Gasteiger partial charge in [0.1, 0.15) is 6.04 Å². The molecule has 8 nitrogen and oxygen atoms in total. The SMILES string of the molecule is NC(N)=NCCCC(NC(=O)C(c1ccccc1)c1ccccc1)C(=O)N[C@H](CO)c1ccccc1. The molecule has 3 rings (SSSR count). The van der Waals surface area contributed by atoms with E-state index in [4.69, 9.17) is 11.5 Å². The minimum atomic E-state index is -0.848. The van der Waals surface area contributed by atoms with Gasteiger partial charge in [-0.05, 0) is 29.5 Å². The molecule has 0 aliphatic carbocycles. The van der Waals surface area contributed by atoms with Gasteiger partial charge in [-0.1, -0.05) is 91.0 Å². The highest BCUT2D eigenvalue weighted by Gasteiger charge is 2.28. The second kappa shape index (κ2) is 13.7. The largest absolute Gasteiger partial charge is 0.394 e. The van der Waals surface area contributed by atoms with E-state index in [1.807, 2.05) is 91.0 Å². The van der Waals surface area contributed by atoms with Crippen molar-refractivity contribution in [2.75, 3.05) is 13.2 Å². The molecule has 7 N–H and O–H groups in total. The average Bonchev–Trinajstić information content (AvgIpc) is 2.90. The monoisotopic (exact) mass is 487 g/mol. The van der Waals surface area contributed by atoms with Crippen LogP contribution >= 0.6 is 0 Å². The minimum absolute atomic E-state index is 0.0299. The van der Waals surface area contributed by atoms with Crippen LogP contribution in [0.3, 0.4) is 0 Å². The molecule has 0 spiro atoms. The number of carbonyl (C=O) groups is 2. The molecule has 1 unspecified atom stereocenters. The second-order valence-corrected chi connectivity index (χ2v) is 8.42. The molecule has 36 heavy (non-hydrogen) atoms. The maximum absolute atomic E-state index is 13.6. The maximum atomic E-state index is 13.6. The van der Waals surface area contributed by atoms with Crippen molar-refractivity contribution in [3.8, 4) is 0 Å². The molecule has 8 heteroatoms. The van der Waals surface area contributed by atoms with E-state index < -0.39 is 23.9 Å². The van der Waals surface area contributed by atoms with Crippen LogP contribution in [0.15, 0.2) is 96.0 Å². The van der Waals surface area contributed by atoms with E-state index in [0.717, 1.165) is 16.7 Å².